The Morgan fingerprint density at radius 2 is 2.06 bits per heavy atom. The van der Waals surface area contributed by atoms with E-state index in [9.17, 15) is 18.0 Å². The van der Waals surface area contributed by atoms with E-state index in [1.807, 2.05) is 0 Å². The summed E-state index contributed by atoms with van der Waals surface area (Å²) >= 11 is 0. The molecule has 0 aromatic heterocycles. The van der Waals surface area contributed by atoms with Crippen LogP contribution in [0.2, 0.25) is 0 Å². The predicted octanol–water partition coefficient (Wildman–Crippen LogP) is 1.01. The summed E-state index contributed by atoms with van der Waals surface area (Å²) in [6, 6.07) is -1.05. The van der Waals surface area contributed by atoms with E-state index >= 15 is 0 Å². The van der Waals surface area contributed by atoms with Gasteiger partial charge in [-0.1, -0.05) is 0 Å². The number of aliphatic hydroxyl groups excluding tert-OH is 1. The highest BCUT2D eigenvalue weighted by atomic mass is 19.4. The largest absolute Gasteiger partial charge is 0.405 e. The molecule has 0 aliphatic heterocycles. The Balaban J connectivity index is 2.25. The van der Waals surface area contributed by atoms with E-state index in [-0.39, 0.29) is 12.6 Å². The number of nitrogens with one attached hydrogen (secondary N) is 2. The van der Waals surface area contributed by atoms with Crippen molar-refractivity contribution >= 4 is 6.03 Å². The van der Waals surface area contributed by atoms with Gasteiger partial charge in [0.2, 0.25) is 0 Å². The molecule has 3 N–H and O–H groups in total. The summed E-state index contributed by atoms with van der Waals surface area (Å²) < 4.78 is 35.4. The van der Waals surface area contributed by atoms with Gasteiger partial charge in [-0.2, -0.15) is 13.2 Å². The molecule has 0 aromatic rings. The molecule has 1 atom stereocenters. The van der Waals surface area contributed by atoms with Crippen LogP contribution in [-0.4, -0.2) is 36.5 Å². The summed E-state index contributed by atoms with van der Waals surface area (Å²) in [6.45, 7) is -1.42. The van der Waals surface area contributed by atoms with E-state index < -0.39 is 18.8 Å². The van der Waals surface area contributed by atoms with Gasteiger partial charge in [-0.3, -0.25) is 0 Å². The number of carbonyl (C=O) groups is 1. The van der Waals surface area contributed by atoms with E-state index in [1.54, 1.807) is 5.32 Å². The molecule has 1 unspecified atom stereocenters. The first kappa shape index (κ1) is 13.1. The van der Waals surface area contributed by atoms with Gasteiger partial charge in [0, 0.05) is 12.6 Å². The number of hydrogen-bond acceptors (Lipinski definition) is 2. The summed E-state index contributed by atoms with van der Waals surface area (Å²) in [6.07, 6.45) is -2.12. The van der Waals surface area contributed by atoms with Gasteiger partial charge in [-0.05, 0) is 25.2 Å². The third kappa shape index (κ3) is 5.20. The molecule has 0 spiro atoms. The van der Waals surface area contributed by atoms with Crippen molar-refractivity contribution in [2.75, 3.05) is 13.2 Å². The molecule has 4 nitrogen and oxygen atoms in total. The topological polar surface area (TPSA) is 61.4 Å². The van der Waals surface area contributed by atoms with Crippen LogP contribution >= 0.6 is 0 Å². The highest BCUT2D eigenvalue weighted by molar-refractivity contribution is 5.74. The van der Waals surface area contributed by atoms with Crippen LogP contribution in [0.3, 0.4) is 0 Å². The molecule has 7 heteroatoms. The Kier molecular flexibility index (Phi) is 4.40. The number of rotatable bonds is 5. The maximum absolute atomic E-state index is 11.8. The Bertz CT molecular complexity index is 241. The van der Waals surface area contributed by atoms with Crippen LogP contribution in [0.5, 0.6) is 0 Å². The van der Waals surface area contributed by atoms with Gasteiger partial charge < -0.3 is 15.7 Å². The van der Waals surface area contributed by atoms with Crippen LogP contribution < -0.4 is 10.6 Å². The molecule has 0 bridgehead atoms. The second kappa shape index (κ2) is 5.38. The molecule has 1 aliphatic rings. The van der Waals surface area contributed by atoms with Crippen LogP contribution in [0.25, 0.3) is 0 Å². The van der Waals surface area contributed by atoms with E-state index in [2.05, 4.69) is 5.32 Å². The summed E-state index contributed by atoms with van der Waals surface area (Å²) in [4.78, 5) is 11.1. The Hall–Kier alpha value is -0.980. The lowest BCUT2D eigenvalue weighted by Gasteiger charge is -2.18. The van der Waals surface area contributed by atoms with E-state index in [1.165, 1.54) is 0 Å². The molecule has 94 valence electrons. The Morgan fingerprint density at radius 3 is 2.50 bits per heavy atom. The summed E-state index contributed by atoms with van der Waals surface area (Å²) in [5.41, 5.74) is 0. The molecule has 1 fully saturated rings. The molecule has 2 amide bonds. The number of alkyl halides is 3. The van der Waals surface area contributed by atoms with Crippen molar-refractivity contribution in [2.45, 2.75) is 31.5 Å². The fourth-order valence-electron chi connectivity index (χ4n) is 1.46. The van der Waals surface area contributed by atoms with Crippen LogP contribution in [0, 0.1) is 5.92 Å². The minimum absolute atomic E-state index is 0.0826. The monoisotopic (exact) mass is 240 g/mol. The number of aliphatic hydroxyl groups is 1. The lowest BCUT2D eigenvalue weighted by molar-refractivity contribution is -0.122. The Labute approximate surface area is 91.2 Å². The summed E-state index contributed by atoms with van der Waals surface area (Å²) in [5, 5.41) is 12.9. The van der Waals surface area contributed by atoms with Crippen LogP contribution in [0.1, 0.15) is 19.3 Å². The van der Waals surface area contributed by atoms with Crippen molar-refractivity contribution in [1.82, 2.24) is 10.6 Å². The quantitative estimate of drug-likeness (QED) is 0.671. The van der Waals surface area contributed by atoms with E-state index in [0.717, 1.165) is 12.8 Å². The van der Waals surface area contributed by atoms with Crippen molar-refractivity contribution in [3.05, 3.63) is 0 Å². The minimum Gasteiger partial charge on any atom is -0.396 e. The number of halogens is 3. The first-order valence-electron chi connectivity index (χ1n) is 5.14. The van der Waals surface area contributed by atoms with Crippen LogP contribution in [0.4, 0.5) is 18.0 Å². The molecule has 0 saturated heterocycles. The second-order valence-corrected chi connectivity index (χ2v) is 3.90. The molecule has 1 rings (SSSR count). The Morgan fingerprint density at radius 1 is 1.44 bits per heavy atom. The van der Waals surface area contributed by atoms with Gasteiger partial charge in [0.15, 0.2) is 0 Å². The first-order chi connectivity index (χ1) is 7.42. The van der Waals surface area contributed by atoms with Crippen molar-refractivity contribution < 1.29 is 23.1 Å². The first-order valence-corrected chi connectivity index (χ1v) is 5.14. The smallest absolute Gasteiger partial charge is 0.396 e. The third-order valence-corrected chi connectivity index (χ3v) is 2.40. The maximum atomic E-state index is 11.8. The molecule has 1 aliphatic carbocycles. The normalized spacial score (nSPS) is 18.0. The van der Waals surface area contributed by atoms with Crippen molar-refractivity contribution in [2.24, 2.45) is 5.92 Å². The van der Waals surface area contributed by atoms with Crippen molar-refractivity contribution in [1.29, 1.82) is 0 Å². The number of hydrogen-bond donors (Lipinski definition) is 3. The van der Waals surface area contributed by atoms with Gasteiger partial charge in [-0.25, -0.2) is 4.79 Å². The van der Waals surface area contributed by atoms with Gasteiger partial charge in [0.25, 0.3) is 0 Å². The standard InChI is InChI=1S/C9H15F3N2O2/c10-9(11,12)5-13-8(16)14-7(3-4-15)6-1-2-6/h6-7,15H,1-5H2,(H2,13,14,16). The zero-order valence-corrected chi connectivity index (χ0v) is 8.68. The molecular formula is C9H15F3N2O2. The number of urea groups is 1. The highest BCUT2D eigenvalue weighted by Crippen LogP contribution is 2.33. The van der Waals surface area contributed by atoms with Crippen molar-refractivity contribution in [3.63, 3.8) is 0 Å². The lowest BCUT2D eigenvalue weighted by atomic mass is 10.1. The average molecular weight is 240 g/mol. The fourth-order valence-corrected chi connectivity index (χ4v) is 1.46. The maximum Gasteiger partial charge on any atom is 0.405 e. The summed E-state index contributed by atoms with van der Waals surface area (Å²) in [7, 11) is 0. The second-order valence-electron chi connectivity index (χ2n) is 3.90. The van der Waals surface area contributed by atoms with E-state index in [0.29, 0.717) is 12.3 Å². The molecule has 0 aromatic carbocycles. The molecule has 0 radical (unpaired) electrons. The minimum atomic E-state index is -4.40. The van der Waals surface area contributed by atoms with Gasteiger partial charge in [-0.15, -0.1) is 0 Å². The summed E-state index contributed by atoms with van der Waals surface area (Å²) in [5.74, 6) is 0.295. The SMILES string of the molecule is O=C(NCC(F)(F)F)NC(CCO)C1CC1. The number of carbonyl (C=O) groups excluding carboxylic acids is 1. The van der Waals surface area contributed by atoms with E-state index in [4.69, 9.17) is 5.11 Å². The average Bonchev–Trinajstić information content (AvgIpc) is 2.96. The zero-order chi connectivity index (χ0) is 12.2. The highest BCUT2D eigenvalue weighted by Gasteiger charge is 2.33. The van der Waals surface area contributed by atoms with Crippen LogP contribution in [-0.2, 0) is 0 Å². The molecule has 1 saturated carbocycles. The van der Waals surface area contributed by atoms with Gasteiger partial charge >= 0.3 is 12.2 Å². The zero-order valence-electron chi connectivity index (χ0n) is 8.68. The van der Waals surface area contributed by atoms with Crippen molar-refractivity contribution in [3.8, 4) is 0 Å². The lowest BCUT2D eigenvalue weighted by Crippen LogP contribution is -2.46. The van der Waals surface area contributed by atoms with Gasteiger partial charge in [0.05, 0.1) is 0 Å². The molecular weight excluding hydrogens is 225 g/mol. The molecule has 16 heavy (non-hydrogen) atoms. The number of amides is 2. The van der Waals surface area contributed by atoms with Gasteiger partial charge in [0.1, 0.15) is 6.54 Å². The molecule has 0 heterocycles. The van der Waals surface area contributed by atoms with Crippen LogP contribution in [0.15, 0.2) is 0 Å². The third-order valence-electron chi connectivity index (χ3n) is 2.40. The predicted molar refractivity (Wildman–Crippen MR) is 50.8 cm³/mol. The fraction of sp³-hybridized carbons (Fsp3) is 0.889.